The highest BCUT2D eigenvalue weighted by atomic mass is 28.3. The van der Waals surface area contributed by atoms with E-state index in [0.717, 1.165) is 16.3 Å². The van der Waals surface area contributed by atoms with Crippen LogP contribution >= 0.6 is 0 Å². The Balaban J connectivity index is 2.23. The summed E-state index contributed by atoms with van der Waals surface area (Å²) in [6.07, 6.45) is 3.28. The Labute approximate surface area is 140 Å². The first-order chi connectivity index (χ1) is 10.7. The largest absolute Gasteiger partial charge is 0.289 e. The standard InChI is InChI=1S/C21H24OSi/c1-21(2,3)23(4,5)16-9-8-15-20(22)19-14-10-12-17-11-6-7-13-18(17)19/h6-8,10-15H,1-5H3/b15-8+. The molecular formula is C21H24OSi. The number of carbonyl (C=O) groups excluding carboxylic acids is 1. The number of carbonyl (C=O) groups is 1. The smallest absolute Gasteiger partial charge is 0.187 e. The Kier molecular flexibility index (Phi) is 4.92. The molecule has 0 amide bonds. The van der Waals surface area contributed by atoms with Gasteiger partial charge in [-0.2, -0.15) is 0 Å². The van der Waals surface area contributed by atoms with E-state index in [9.17, 15) is 4.79 Å². The van der Waals surface area contributed by atoms with Crippen LogP contribution in [0.1, 0.15) is 31.1 Å². The van der Waals surface area contributed by atoms with Crippen molar-refractivity contribution in [2.45, 2.75) is 38.9 Å². The van der Waals surface area contributed by atoms with Gasteiger partial charge in [-0.1, -0.05) is 82.3 Å². The van der Waals surface area contributed by atoms with E-state index in [-0.39, 0.29) is 10.8 Å². The summed E-state index contributed by atoms with van der Waals surface area (Å²) in [4.78, 5) is 12.4. The van der Waals surface area contributed by atoms with Crippen LogP contribution in [0.4, 0.5) is 0 Å². The molecule has 2 heteroatoms. The molecule has 0 fully saturated rings. The van der Waals surface area contributed by atoms with Gasteiger partial charge in [-0.05, 0) is 28.0 Å². The quantitative estimate of drug-likeness (QED) is 0.303. The van der Waals surface area contributed by atoms with Crippen molar-refractivity contribution in [1.29, 1.82) is 0 Å². The van der Waals surface area contributed by atoms with Crippen molar-refractivity contribution < 1.29 is 4.79 Å². The summed E-state index contributed by atoms with van der Waals surface area (Å²) in [5.74, 6) is 3.10. The van der Waals surface area contributed by atoms with Crippen LogP contribution < -0.4 is 0 Å². The third-order valence-corrected chi connectivity index (χ3v) is 9.15. The van der Waals surface area contributed by atoms with Crippen molar-refractivity contribution in [1.82, 2.24) is 0 Å². The fourth-order valence-electron chi connectivity index (χ4n) is 2.06. The van der Waals surface area contributed by atoms with Crippen molar-refractivity contribution in [3.63, 3.8) is 0 Å². The van der Waals surface area contributed by atoms with Gasteiger partial charge in [0.2, 0.25) is 0 Å². The SMILES string of the molecule is CC(C)(C)[Si](C)(C)C#C/C=C/C(=O)c1cccc2ccccc12. The molecule has 0 aromatic heterocycles. The number of hydrogen-bond acceptors (Lipinski definition) is 1. The van der Waals surface area contributed by atoms with Gasteiger partial charge in [-0.3, -0.25) is 4.79 Å². The van der Waals surface area contributed by atoms with Gasteiger partial charge in [0.05, 0.1) is 0 Å². The molecule has 0 atom stereocenters. The third kappa shape index (κ3) is 4.00. The lowest BCUT2D eigenvalue weighted by molar-refractivity contribution is 0.104. The lowest BCUT2D eigenvalue weighted by Crippen LogP contribution is -2.35. The number of fused-ring (bicyclic) bond motifs is 1. The number of hydrogen-bond donors (Lipinski definition) is 0. The topological polar surface area (TPSA) is 17.1 Å². The molecule has 23 heavy (non-hydrogen) atoms. The molecule has 0 bridgehead atoms. The van der Waals surface area contributed by atoms with Gasteiger partial charge in [-0.25, -0.2) is 0 Å². The average Bonchev–Trinajstić information content (AvgIpc) is 2.49. The second-order valence-electron chi connectivity index (χ2n) is 7.37. The molecular weight excluding hydrogens is 296 g/mol. The summed E-state index contributed by atoms with van der Waals surface area (Å²) < 4.78 is 0. The molecule has 0 heterocycles. The fraction of sp³-hybridized carbons (Fsp3) is 0.286. The Hall–Kier alpha value is -2.11. The highest BCUT2D eigenvalue weighted by Gasteiger charge is 2.33. The maximum absolute atomic E-state index is 12.4. The minimum Gasteiger partial charge on any atom is -0.289 e. The number of ketones is 1. The van der Waals surface area contributed by atoms with E-state index >= 15 is 0 Å². The number of allylic oxidation sites excluding steroid dienone is 2. The van der Waals surface area contributed by atoms with E-state index in [4.69, 9.17) is 0 Å². The van der Waals surface area contributed by atoms with E-state index in [0.29, 0.717) is 0 Å². The Morgan fingerprint density at radius 1 is 1.04 bits per heavy atom. The molecule has 0 saturated heterocycles. The first-order valence-corrected chi connectivity index (χ1v) is 10.9. The van der Waals surface area contributed by atoms with Crippen molar-refractivity contribution >= 4 is 24.6 Å². The van der Waals surface area contributed by atoms with Crippen LogP contribution in [0.25, 0.3) is 10.8 Å². The van der Waals surface area contributed by atoms with E-state index in [1.54, 1.807) is 12.2 Å². The van der Waals surface area contributed by atoms with Crippen LogP contribution in [0.5, 0.6) is 0 Å². The maximum Gasteiger partial charge on any atom is 0.187 e. The zero-order valence-corrected chi connectivity index (χ0v) is 15.6. The summed E-state index contributed by atoms with van der Waals surface area (Å²) in [7, 11) is -1.62. The normalized spacial score (nSPS) is 12.2. The van der Waals surface area contributed by atoms with E-state index in [2.05, 4.69) is 45.3 Å². The first kappa shape index (κ1) is 17.2. The van der Waals surface area contributed by atoms with Crippen molar-refractivity contribution in [2.24, 2.45) is 0 Å². The molecule has 0 N–H and O–H groups in total. The lowest BCUT2D eigenvalue weighted by atomic mass is 10.0. The van der Waals surface area contributed by atoms with Crippen molar-refractivity contribution in [3.05, 3.63) is 60.2 Å². The van der Waals surface area contributed by atoms with E-state index in [1.165, 1.54) is 0 Å². The fourth-order valence-corrected chi connectivity index (χ4v) is 2.88. The molecule has 0 aliphatic heterocycles. The average molecular weight is 321 g/mol. The summed E-state index contributed by atoms with van der Waals surface area (Å²) in [5.41, 5.74) is 4.12. The predicted molar refractivity (Wildman–Crippen MR) is 102 cm³/mol. The monoisotopic (exact) mass is 320 g/mol. The second-order valence-corrected chi connectivity index (χ2v) is 12.4. The van der Waals surface area contributed by atoms with Gasteiger partial charge in [0, 0.05) is 5.56 Å². The van der Waals surface area contributed by atoms with Crippen LogP contribution in [0.15, 0.2) is 54.6 Å². The summed E-state index contributed by atoms with van der Waals surface area (Å²) in [6, 6.07) is 13.8. The minimum absolute atomic E-state index is 0.00586. The molecule has 0 aliphatic rings. The number of benzene rings is 2. The third-order valence-electron chi connectivity index (χ3n) is 4.63. The highest BCUT2D eigenvalue weighted by Crippen LogP contribution is 2.35. The molecule has 1 nitrogen and oxygen atoms in total. The van der Waals surface area contributed by atoms with Gasteiger partial charge in [-0.15, -0.1) is 5.54 Å². The molecule has 2 aromatic carbocycles. The summed E-state index contributed by atoms with van der Waals surface area (Å²) >= 11 is 0. The summed E-state index contributed by atoms with van der Waals surface area (Å²) in [6.45, 7) is 11.2. The Bertz CT molecular complexity index is 806. The molecule has 0 saturated carbocycles. The van der Waals surface area contributed by atoms with Crippen LogP contribution in [0, 0.1) is 11.5 Å². The molecule has 2 rings (SSSR count). The maximum atomic E-state index is 12.4. The zero-order chi connectivity index (χ0) is 17.1. The zero-order valence-electron chi connectivity index (χ0n) is 14.6. The van der Waals surface area contributed by atoms with Crippen LogP contribution in [0.2, 0.25) is 18.1 Å². The van der Waals surface area contributed by atoms with Crippen LogP contribution in [-0.4, -0.2) is 13.9 Å². The van der Waals surface area contributed by atoms with Crippen LogP contribution in [-0.2, 0) is 0 Å². The van der Waals surface area contributed by atoms with Gasteiger partial charge < -0.3 is 0 Å². The molecule has 118 valence electrons. The van der Waals surface area contributed by atoms with Gasteiger partial charge >= 0.3 is 0 Å². The second kappa shape index (κ2) is 6.56. The Morgan fingerprint density at radius 2 is 1.70 bits per heavy atom. The number of rotatable bonds is 2. The van der Waals surface area contributed by atoms with Crippen LogP contribution in [0.3, 0.4) is 0 Å². The van der Waals surface area contributed by atoms with E-state index in [1.807, 2.05) is 42.5 Å². The molecule has 0 radical (unpaired) electrons. The summed E-state index contributed by atoms with van der Waals surface area (Å²) in [5, 5.41) is 2.30. The lowest BCUT2D eigenvalue weighted by Gasteiger charge is -2.31. The van der Waals surface area contributed by atoms with Crippen molar-refractivity contribution in [2.75, 3.05) is 0 Å². The Morgan fingerprint density at radius 3 is 2.39 bits per heavy atom. The van der Waals surface area contributed by atoms with Gasteiger partial charge in [0.25, 0.3) is 0 Å². The molecule has 2 aromatic rings. The van der Waals surface area contributed by atoms with Gasteiger partial charge in [0.15, 0.2) is 5.78 Å². The predicted octanol–water partition coefficient (Wildman–Crippen LogP) is 5.63. The molecule has 0 aliphatic carbocycles. The molecule has 0 unspecified atom stereocenters. The van der Waals surface area contributed by atoms with Crippen molar-refractivity contribution in [3.8, 4) is 11.5 Å². The first-order valence-electron chi connectivity index (χ1n) is 7.94. The van der Waals surface area contributed by atoms with Gasteiger partial charge in [0.1, 0.15) is 8.07 Å². The highest BCUT2D eigenvalue weighted by molar-refractivity contribution is 6.87. The van der Waals surface area contributed by atoms with E-state index < -0.39 is 8.07 Å². The minimum atomic E-state index is -1.62. The molecule has 0 spiro atoms.